The number of carboxylic acid groups (broad SMARTS) is 1. The van der Waals surface area contributed by atoms with Crippen molar-refractivity contribution >= 4 is 34.7 Å². The van der Waals surface area contributed by atoms with E-state index in [1.807, 2.05) is 6.26 Å². The summed E-state index contributed by atoms with van der Waals surface area (Å²) in [6.07, 6.45) is 3.59. The molecule has 0 aliphatic rings. The summed E-state index contributed by atoms with van der Waals surface area (Å²) in [5.41, 5.74) is 1.26. The van der Waals surface area contributed by atoms with Crippen LogP contribution in [-0.2, 0) is 4.79 Å². The average Bonchev–Trinajstić information content (AvgIpc) is 2.84. The van der Waals surface area contributed by atoms with Crippen LogP contribution in [0.4, 0.5) is 0 Å². The SMILES string of the molecule is CSCC[C@H](NC(=O)c1cnc2onc(C)c2c1)C(=O)O. The fraction of sp³-hybridized carbons (Fsp3) is 0.385. The molecule has 21 heavy (non-hydrogen) atoms. The molecule has 8 heteroatoms. The predicted octanol–water partition coefficient (Wildman–Crippen LogP) is 1.47. The molecule has 1 atom stereocenters. The molecule has 0 fully saturated rings. The summed E-state index contributed by atoms with van der Waals surface area (Å²) in [6.45, 7) is 1.74. The molecule has 112 valence electrons. The second-order valence-corrected chi connectivity index (χ2v) is 5.48. The van der Waals surface area contributed by atoms with E-state index in [1.165, 1.54) is 18.0 Å². The number of hydrogen-bond acceptors (Lipinski definition) is 6. The van der Waals surface area contributed by atoms with Crippen molar-refractivity contribution in [3.63, 3.8) is 0 Å². The number of pyridine rings is 1. The number of aliphatic carboxylic acids is 1. The van der Waals surface area contributed by atoms with Gasteiger partial charge >= 0.3 is 5.97 Å². The van der Waals surface area contributed by atoms with E-state index in [-0.39, 0.29) is 5.56 Å². The first-order chi connectivity index (χ1) is 10.0. The monoisotopic (exact) mass is 309 g/mol. The maximum atomic E-state index is 12.1. The highest BCUT2D eigenvalue weighted by atomic mass is 32.2. The predicted molar refractivity (Wildman–Crippen MR) is 78.4 cm³/mol. The Labute approximate surface area is 125 Å². The fourth-order valence-electron chi connectivity index (χ4n) is 1.80. The van der Waals surface area contributed by atoms with Crippen LogP contribution in [0, 0.1) is 6.92 Å². The van der Waals surface area contributed by atoms with Crippen LogP contribution in [0.3, 0.4) is 0 Å². The first-order valence-corrected chi connectivity index (χ1v) is 7.67. The van der Waals surface area contributed by atoms with Crippen LogP contribution in [0.1, 0.15) is 22.5 Å². The van der Waals surface area contributed by atoms with E-state index in [9.17, 15) is 9.59 Å². The minimum atomic E-state index is -1.05. The number of hydrogen-bond donors (Lipinski definition) is 2. The van der Waals surface area contributed by atoms with E-state index in [0.29, 0.717) is 29.0 Å². The van der Waals surface area contributed by atoms with Crippen LogP contribution in [0.2, 0.25) is 0 Å². The molecular weight excluding hydrogens is 294 g/mol. The molecule has 0 saturated carbocycles. The van der Waals surface area contributed by atoms with Crippen LogP contribution >= 0.6 is 11.8 Å². The highest BCUT2D eigenvalue weighted by molar-refractivity contribution is 7.98. The molecule has 2 heterocycles. The van der Waals surface area contributed by atoms with Crippen molar-refractivity contribution in [2.45, 2.75) is 19.4 Å². The molecule has 2 N–H and O–H groups in total. The third kappa shape index (κ3) is 3.52. The Bertz CT molecular complexity index is 670. The Kier molecular flexibility index (Phi) is 4.79. The number of carbonyl (C=O) groups excluding carboxylic acids is 1. The Hall–Kier alpha value is -2.09. The molecule has 1 amide bonds. The van der Waals surface area contributed by atoms with Gasteiger partial charge in [-0.1, -0.05) is 5.16 Å². The summed E-state index contributed by atoms with van der Waals surface area (Å²) < 4.78 is 4.97. The van der Waals surface area contributed by atoms with Gasteiger partial charge < -0.3 is 14.9 Å². The van der Waals surface area contributed by atoms with E-state index in [4.69, 9.17) is 9.63 Å². The smallest absolute Gasteiger partial charge is 0.326 e. The van der Waals surface area contributed by atoms with Crippen molar-refractivity contribution in [1.29, 1.82) is 0 Å². The lowest BCUT2D eigenvalue weighted by atomic mass is 10.1. The van der Waals surface area contributed by atoms with Crippen LogP contribution in [-0.4, -0.2) is 45.2 Å². The summed E-state index contributed by atoms with van der Waals surface area (Å²) in [5.74, 6) is -0.870. The number of rotatable bonds is 6. The summed E-state index contributed by atoms with van der Waals surface area (Å²) >= 11 is 1.53. The number of carbonyl (C=O) groups is 2. The van der Waals surface area contributed by atoms with Crippen molar-refractivity contribution in [1.82, 2.24) is 15.5 Å². The van der Waals surface area contributed by atoms with E-state index in [2.05, 4.69) is 15.5 Å². The zero-order chi connectivity index (χ0) is 15.4. The standard InChI is InChI=1S/C13H15N3O4S/c1-7-9-5-8(6-14-12(9)20-16-7)11(17)15-10(13(18)19)3-4-21-2/h5-6,10H,3-4H2,1-2H3,(H,15,17)(H,18,19)/t10-/m0/s1. The van der Waals surface area contributed by atoms with Gasteiger partial charge in [0.15, 0.2) is 0 Å². The Morgan fingerprint density at radius 1 is 1.52 bits per heavy atom. The van der Waals surface area contributed by atoms with Crippen molar-refractivity contribution in [2.75, 3.05) is 12.0 Å². The lowest BCUT2D eigenvalue weighted by molar-refractivity contribution is -0.139. The number of aryl methyl sites for hydroxylation is 1. The number of aromatic nitrogens is 2. The molecule has 0 bridgehead atoms. The Morgan fingerprint density at radius 2 is 2.29 bits per heavy atom. The van der Waals surface area contributed by atoms with Crippen molar-refractivity contribution < 1.29 is 19.2 Å². The average molecular weight is 309 g/mol. The van der Waals surface area contributed by atoms with E-state index >= 15 is 0 Å². The quantitative estimate of drug-likeness (QED) is 0.832. The summed E-state index contributed by atoms with van der Waals surface area (Å²) in [7, 11) is 0. The number of carboxylic acids is 1. The number of nitrogens with zero attached hydrogens (tertiary/aromatic N) is 2. The molecule has 0 saturated heterocycles. The van der Waals surface area contributed by atoms with Crippen LogP contribution in [0.15, 0.2) is 16.8 Å². The maximum absolute atomic E-state index is 12.1. The molecule has 0 aliphatic carbocycles. The van der Waals surface area contributed by atoms with Gasteiger partial charge in [0, 0.05) is 6.20 Å². The number of nitrogens with one attached hydrogen (secondary N) is 1. The van der Waals surface area contributed by atoms with Gasteiger partial charge in [0.1, 0.15) is 6.04 Å². The third-order valence-corrected chi connectivity index (χ3v) is 3.63. The van der Waals surface area contributed by atoms with E-state index in [0.717, 1.165) is 0 Å². The molecule has 7 nitrogen and oxygen atoms in total. The molecular formula is C13H15N3O4S. The molecule has 2 aromatic rings. The van der Waals surface area contributed by atoms with E-state index in [1.54, 1.807) is 13.0 Å². The highest BCUT2D eigenvalue weighted by Gasteiger charge is 2.21. The number of thioether (sulfide) groups is 1. The largest absolute Gasteiger partial charge is 0.480 e. The van der Waals surface area contributed by atoms with E-state index < -0.39 is 17.9 Å². The van der Waals surface area contributed by atoms with Gasteiger partial charge in [-0.25, -0.2) is 9.78 Å². The highest BCUT2D eigenvalue weighted by Crippen LogP contribution is 2.16. The lowest BCUT2D eigenvalue weighted by Crippen LogP contribution is -2.41. The summed E-state index contributed by atoms with van der Waals surface area (Å²) in [6, 6.07) is 0.681. The second-order valence-electron chi connectivity index (χ2n) is 4.49. The number of amides is 1. The van der Waals surface area contributed by atoms with Crippen LogP contribution in [0.5, 0.6) is 0 Å². The number of fused-ring (bicyclic) bond motifs is 1. The van der Waals surface area contributed by atoms with Gasteiger partial charge in [-0.3, -0.25) is 4.79 Å². The van der Waals surface area contributed by atoms with Crippen molar-refractivity contribution in [3.05, 3.63) is 23.5 Å². The normalized spacial score (nSPS) is 12.3. The van der Waals surface area contributed by atoms with Gasteiger partial charge in [0.2, 0.25) is 0 Å². The zero-order valence-electron chi connectivity index (χ0n) is 11.6. The fourth-order valence-corrected chi connectivity index (χ4v) is 2.28. The maximum Gasteiger partial charge on any atom is 0.326 e. The Morgan fingerprint density at radius 3 is 2.95 bits per heavy atom. The van der Waals surface area contributed by atoms with Gasteiger partial charge in [-0.15, -0.1) is 0 Å². The molecule has 0 spiro atoms. The molecule has 0 unspecified atom stereocenters. The Balaban J connectivity index is 2.16. The van der Waals surface area contributed by atoms with Gasteiger partial charge in [0.25, 0.3) is 11.6 Å². The lowest BCUT2D eigenvalue weighted by Gasteiger charge is -2.13. The zero-order valence-corrected chi connectivity index (χ0v) is 12.4. The first-order valence-electron chi connectivity index (χ1n) is 6.27. The topological polar surface area (TPSA) is 105 Å². The van der Waals surface area contributed by atoms with Crippen LogP contribution < -0.4 is 5.32 Å². The van der Waals surface area contributed by atoms with Gasteiger partial charge in [-0.2, -0.15) is 11.8 Å². The third-order valence-electron chi connectivity index (χ3n) is 2.99. The molecule has 0 radical (unpaired) electrons. The van der Waals surface area contributed by atoms with Crippen molar-refractivity contribution in [3.8, 4) is 0 Å². The molecule has 2 rings (SSSR count). The minimum Gasteiger partial charge on any atom is -0.480 e. The van der Waals surface area contributed by atoms with Gasteiger partial charge in [0.05, 0.1) is 16.6 Å². The molecule has 0 aromatic carbocycles. The molecule has 2 aromatic heterocycles. The first kappa shape index (κ1) is 15.3. The minimum absolute atomic E-state index is 0.282. The second kappa shape index (κ2) is 6.57. The van der Waals surface area contributed by atoms with Gasteiger partial charge in [-0.05, 0) is 31.4 Å². The van der Waals surface area contributed by atoms with Crippen LogP contribution in [0.25, 0.3) is 11.1 Å². The summed E-state index contributed by atoms with van der Waals surface area (Å²) in [4.78, 5) is 27.3. The van der Waals surface area contributed by atoms with Crippen molar-refractivity contribution in [2.24, 2.45) is 0 Å². The summed E-state index contributed by atoms with van der Waals surface area (Å²) in [5, 5.41) is 16.0. The molecule has 0 aliphatic heterocycles.